The molecular weight excluding hydrogens is 480 g/mol. The molecule has 0 aromatic carbocycles. The van der Waals surface area contributed by atoms with Crippen LogP contribution in [0.1, 0.15) is 48.5 Å². The summed E-state index contributed by atoms with van der Waals surface area (Å²) in [5.41, 5.74) is -0.498. The first-order valence-corrected chi connectivity index (χ1v) is 11.7. The highest BCUT2D eigenvalue weighted by molar-refractivity contribution is 5.80. The van der Waals surface area contributed by atoms with Gasteiger partial charge in [0.25, 0.3) is 0 Å². The van der Waals surface area contributed by atoms with Crippen LogP contribution in [0.15, 0.2) is 0 Å². The molecule has 36 heavy (non-hydrogen) atoms. The van der Waals surface area contributed by atoms with Crippen molar-refractivity contribution in [3.8, 4) is 0 Å². The number of ketones is 2. The predicted octanol–water partition coefficient (Wildman–Crippen LogP) is 1.45. The third kappa shape index (κ3) is 28.3. The van der Waals surface area contributed by atoms with E-state index >= 15 is 0 Å². The molecule has 0 radical (unpaired) electrons. The zero-order chi connectivity index (χ0) is 28.0. The molecule has 12 nitrogen and oxygen atoms in total. The van der Waals surface area contributed by atoms with Gasteiger partial charge in [0.05, 0.1) is 52.9 Å². The molecule has 0 spiro atoms. The monoisotopic (exact) mass is 524 g/mol. The second kappa shape index (κ2) is 22.3. The summed E-state index contributed by atoms with van der Waals surface area (Å²) in [6, 6.07) is 0. The van der Waals surface area contributed by atoms with Crippen molar-refractivity contribution >= 4 is 23.5 Å². The number of carboxylic acid groups (broad SMARTS) is 1. The highest BCUT2D eigenvalue weighted by Crippen LogP contribution is 2.06. The van der Waals surface area contributed by atoms with Crippen LogP contribution in [0.2, 0.25) is 0 Å². The molecular formula is C24H44O12. The largest absolute Gasteiger partial charge is 0.480 e. The van der Waals surface area contributed by atoms with Crippen molar-refractivity contribution in [3.05, 3.63) is 0 Å². The number of ether oxygens (including phenoxy) is 7. The molecule has 0 aliphatic heterocycles. The lowest BCUT2D eigenvalue weighted by Gasteiger charge is -2.19. The lowest BCUT2D eigenvalue weighted by Crippen LogP contribution is -2.27. The molecule has 0 heterocycles. The van der Waals surface area contributed by atoms with Crippen LogP contribution in [-0.4, -0.2) is 112 Å². The van der Waals surface area contributed by atoms with Crippen molar-refractivity contribution in [3.63, 3.8) is 0 Å². The summed E-state index contributed by atoms with van der Waals surface area (Å²) in [5.74, 6) is -1.43. The van der Waals surface area contributed by atoms with E-state index in [4.69, 9.17) is 38.3 Å². The van der Waals surface area contributed by atoms with Gasteiger partial charge in [-0.2, -0.15) is 0 Å². The van der Waals surface area contributed by atoms with Crippen molar-refractivity contribution in [2.75, 3.05) is 66.1 Å². The van der Waals surface area contributed by atoms with Gasteiger partial charge < -0.3 is 38.3 Å². The fraction of sp³-hybridized carbons (Fsp3) is 0.833. The van der Waals surface area contributed by atoms with Crippen LogP contribution in [-0.2, 0) is 52.3 Å². The van der Waals surface area contributed by atoms with Crippen LogP contribution >= 0.6 is 0 Å². The lowest BCUT2D eigenvalue weighted by molar-refractivity contribution is -0.160. The van der Waals surface area contributed by atoms with Gasteiger partial charge in [-0.1, -0.05) is 0 Å². The Hall–Kier alpha value is -1.96. The first kappa shape index (κ1) is 36.2. The molecule has 212 valence electrons. The summed E-state index contributed by atoms with van der Waals surface area (Å²) >= 11 is 0. The Morgan fingerprint density at radius 2 is 1.00 bits per heavy atom. The zero-order valence-corrected chi connectivity index (χ0v) is 22.7. The van der Waals surface area contributed by atoms with Gasteiger partial charge in [-0.3, -0.25) is 9.59 Å². The average Bonchev–Trinajstić information content (AvgIpc) is 2.75. The van der Waals surface area contributed by atoms with Crippen LogP contribution in [0, 0.1) is 0 Å². The summed E-state index contributed by atoms with van der Waals surface area (Å²) in [5, 5.41) is 8.25. The van der Waals surface area contributed by atoms with Crippen LogP contribution in [0.4, 0.5) is 0 Å². The Labute approximate surface area is 213 Å². The summed E-state index contributed by atoms with van der Waals surface area (Å²) in [7, 11) is 0. The first-order valence-electron chi connectivity index (χ1n) is 11.7. The van der Waals surface area contributed by atoms with E-state index in [1.807, 2.05) is 0 Å². The van der Waals surface area contributed by atoms with Crippen molar-refractivity contribution < 1.29 is 57.4 Å². The molecule has 0 aliphatic rings. The second-order valence-electron chi connectivity index (χ2n) is 8.56. The topological polar surface area (TPSA) is 153 Å². The molecule has 0 amide bonds. The van der Waals surface area contributed by atoms with E-state index in [2.05, 4.69) is 0 Å². The Morgan fingerprint density at radius 3 is 1.36 bits per heavy atom. The van der Waals surface area contributed by atoms with Gasteiger partial charge in [-0.15, -0.1) is 0 Å². The Morgan fingerprint density at radius 1 is 0.639 bits per heavy atom. The number of carbonyl (C=O) groups excluding carboxylic acids is 3. The molecule has 0 rings (SSSR count). The van der Waals surface area contributed by atoms with E-state index in [-0.39, 0.29) is 31.4 Å². The number of esters is 1. The molecule has 0 bridgehead atoms. The quantitative estimate of drug-likeness (QED) is 0.181. The van der Waals surface area contributed by atoms with Gasteiger partial charge in [0.2, 0.25) is 0 Å². The summed E-state index contributed by atoms with van der Waals surface area (Å²) in [4.78, 5) is 43.0. The number of carbonyl (C=O) groups is 4. The third-order valence-corrected chi connectivity index (χ3v) is 3.95. The molecule has 2 atom stereocenters. The van der Waals surface area contributed by atoms with E-state index in [1.54, 1.807) is 34.6 Å². The first-order chi connectivity index (χ1) is 16.8. The van der Waals surface area contributed by atoms with Crippen molar-refractivity contribution in [1.29, 1.82) is 0 Å². The zero-order valence-electron chi connectivity index (χ0n) is 22.7. The maximum Gasteiger partial charge on any atom is 0.332 e. The molecule has 0 saturated heterocycles. The maximum atomic E-state index is 11.3. The normalized spacial score (nSPS) is 12.8. The predicted molar refractivity (Wildman–Crippen MR) is 129 cm³/mol. The van der Waals surface area contributed by atoms with Crippen molar-refractivity contribution in [2.24, 2.45) is 0 Å². The molecule has 12 heteroatoms. The average molecular weight is 525 g/mol. The fourth-order valence-electron chi connectivity index (χ4n) is 1.93. The summed E-state index contributed by atoms with van der Waals surface area (Å²) in [6.07, 6.45) is -0.811. The molecule has 1 N–H and O–H groups in total. The molecule has 0 saturated carbocycles. The Bertz CT molecular complexity index is 615. The van der Waals surface area contributed by atoms with E-state index in [1.165, 1.54) is 13.8 Å². The van der Waals surface area contributed by atoms with Crippen LogP contribution < -0.4 is 0 Å². The second-order valence-corrected chi connectivity index (χ2v) is 8.56. The minimum atomic E-state index is -1.00. The standard InChI is InChI=1S/C14H26O6.C10H18O6/c1-11(15)12(2)19-9-8-17-6-7-18-10-13(16)20-14(3,4)5;1-8(11)9(2)16-6-5-14-3-4-15-7-10(12)13/h12H,6-10H2,1-5H3;9H,3-7H2,1-2H3,(H,12,13)/t12-;9-/m00/s1. The molecule has 0 aromatic rings. The van der Waals surface area contributed by atoms with Crippen molar-refractivity contribution in [1.82, 2.24) is 0 Å². The molecule has 0 fully saturated rings. The fourth-order valence-corrected chi connectivity index (χ4v) is 1.93. The number of Topliss-reactive ketones (excluding diaryl/α,β-unsaturated/α-hetero) is 2. The van der Waals surface area contributed by atoms with Gasteiger partial charge in [-0.05, 0) is 48.5 Å². The molecule has 0 aromatic heterocycles. The van der Waals surface area contributed by atoms with Gasteiger partial charge in [-0.25, -0.2) is 9.59 Å². The summed E-state index contributed by atoms with van der Waals surface area (Å²) < 4.78 is 35.6. The minimum Gasteiger partial charge on any atom is -0.480 e. The van der Waals surface area contributed by atoms with E-state index in [9.17, 15) is 19.2 Å². The van der Waals surface area contributed by atoms with Gasteiger partial charge in [0.1, 0.15) is 31.0 Å². The van der Waals surface area contributed by atoms with Crippen LogP contribution in [0.5, 0.6) is 0 Å². The number of carboxylic acids is 1. The highest BCUT2D eigenvalue weighted by Gasteiger charge is 2.16. The van der Waals surface area contributed by atoms with E-state index < -0.39 is 29.7 Å². The Kier molecular flexibility index (Phi) is 22.4. The van der Waals surface area contributed by atoms with Gasteiger partial charge >= 0.3 is 11.9 Å². The third-order valence-electron chi connectivity index (χ3n) is 3.95. The molecule has 0 unspecified atom stereocenters. The maximum absolute atomic E-state index is 11.3. The van der Waals surface area contributed by atoms with Crippen molar-refractivity contribution in [2.45, 2.75) is 66.3 Å². The lowest BCUT2D eigenvalue weighted by atomic mass is 10.2. The van der Waals surface area contributed by atoms with Gasteiger partial charge in [0, 0.05) is 0 Å². The van der Waals surface area contributed by atoms with Crippen LogP contribution in [0.3, 0.4) is 0 Å². The number of hydrogen-bond donors (Lipinski definition) is 1. The van der Waals surface area contributed by atoms with Gasteiger partial charge in [0.15, 0.2) is 11.6 Å². The Balaban J connectivity index is 0. The minimum absolute atomic E-state index is 0.00862. The van der Waals surface area contributed by atoms with E-state index in [0.717, 1.165) is 0 Å². The number of hydrogen-bond acceptors (Lipinski definition) is 11. The number of rotatable bonds is 20. The SMILES string of the molecule is CC(=O)[C@H](C)OCCOCCOCC(=O)O.CC(=O)[C@H](C)OCCOCCOCC(=O)OC(C)(C)C. The number of aliphatic carboxylic acids is 1. The van der Waals surface area contributed by atoms with Crippen LogP contribution in [0.25, 0.3) is 0 Å². The summed E-state index contributed by atoms with van der Waals surface area (Å²) in [6.45, 7) is 14.0. The smallest absolute Gasteiger partial charge is 0.332 e. The highest BCUT2D eigenvalue weighted by atomic mass is 16.6. The van der Waals surface area contributed by atoms with E-state index in [0.29, 0.717) is 46.2 Å². The molecule has 0 aliphatic carbocycles.